The molecule has 0 aliphatic carbocycles. The second kappa shape index (κ2) is 7.68. The number of benzene rings is 1. The molecule has 0 bridgehead atoms. The van der Waals surface area contributed by atoms with Crippen LogP contribution in [-0.2, 0) is 14.3 Å². The Morgan fingerprint density at radius 3 is 2.42 bits per heavy atom. The molecule has 1 atom stereocenters. The number of piperidine rings is 1. The highest BCUT2D eigenvalue weighted by Gasteiger charge is 2.36. The third-order valence-electron chi connectivity index (χ3n) is 4.82. The van der Waals surface area contributed by atoms with Gasteiger partial charge in [0.15, 0.2) is 0 Å². The molecular formula is C19H22N2O5. The summed E-state index contributed by atoms with van der Waals surface area (Å²) < 4.78 is 5.04. The minimum Gasteiger partial charge on any atom is -0.466 e. The lowest BCUT2D eigenvalue weighted by Crippen LogP contribution is -2.44. The fourth-order valence-electron chi connectivity index (χ4n) is 3.46. The Labute approximate surface area is 151 Å². The zero-order valence-electron chi connectivity index (χ0n) is 14.8. The van der Waals surface area contributed by atoms with E-state index >= 15 is 0 Å². The predicted molar refractivity (Wildman–Crippen MR) is 92.4 cm³/mol. The summed E-state index contributed by atoms with van der Waals surface area (Å²) in [4.78, 5) is 51.8. The van der Waals surface area contributed by atoms with Gasteiger partial charge in [-0.05, 0) is 31.9 Å². The summed E-state index contributed by atoms with van der Waals surface area (Å²) in [5, 5.41) is 0. The molecule has 0 spiro atoms. The van der Waals surface area contributed by atoms with Crippen LogP contribution in [0.15, 0.2) is 24.3 Å². The first kappa shape index (κ1) is 18.1. The summed E-state index contributed by atoms with van der Waals surface area (Å²) in [6.45, 7) is 3.04. The minimum absolute atomic E-state index is 0.0474. The third-order valence-corrected chi connectivity index (χ3v) is 4.82. The number of amides is 3. The summed E-state index contributed by atoms with van der Waals surface area (Å²) >= 11 is 0. The van der Waals surface area contributed by atoms with Crippen LogP contribution in [0.2, 0.25) is 0 Å². The molecule has 1 aromatic rings. The summed E-state index contributed by atoms with van der Waals surface area (Å²) in [6.07, 6.45) is 1.50. The summed E-state index contributed by atoms with van der Waals surface area (Å²) in [6, 6.07) is 6.65. The Bertz CT molecular complexity index is 710. The number of carbonyl (C=O) groups is 4. The molecule has 2 heterocycles. The molecule has 7 nitrogen and oxygen atoms in total. The van der Waals surface area contributed by atoms with E-state index in [9.17, 15) is 19.2 Å². The van der Waals surface area contributed by atoms with Crippen molar-refractivity contribution < 1.29 is 23.9 Å². The van der Waals surface area contributed by atoms with Gasteiger partial charge in [0, 0.05) is 26.1 Å². The van der Waals surface area contributed by atoms with E-state index in [0.717, 1.165) is 11.3 Å². The average molecular weight is 358 g/mol. The van der Waals surface area contributed by atoms with Crippen molar-refractivity contribution in [1.82, 2.24) is 9.80 Å². The van der Waals surface area contributed by atoms with Gasteiger partial charge in [0.2, 0.25) is 5.91 Å². The molecule has 1 fully saturated rings. The average Bonchev–Trinajstić information content (AvgIpc) is 2.91. The number of likely N-dealkylation sites (tertiary alicyclic amines) is 1. The number of fused-ring (bicyclic) bond motifs is 1. The molecule has 138 valence electrons. The van der Waals surface area contributed by atoms with E-state index in [1.54, 1.807) is 36.1 Å². The molecule has 1 aromatic carbocycles. The van der Waals surface area contributed by atoms with E-state index < -0.39 is 0 Å². The molecule has 0 saturated carbocycles. The van der Waals surface area contributed by atoms with Crippen LogP contribution < -0.4 is 0 Å². The maximum Gasteiger partial charge on any atom is 0.310 e. The van der Waals surface area contributed by atoms with E-state index in [2.05, 4.69) is 0 Å². The number of esters is 1. The maximum absolute atomic E-state index is 12.5. The third kappa shape index (κ3) is 3.47. The van der Waals surface area contributed by atoms with Crippen LogP contribution in [0.25, 0.3) is 0 Å². The largest absolute Gasteiger partial charge is 0.466 e. The Morgan fingerprint density at radius 2 is 1.81 bits per heavy atom. The molecule has 0 N–H and O–H groups in total. The Hall–Kier alpha value is -2.70. The number of ether oxygens (including phenoxy) is 1. The van der Waals surface area contributed by atoms with Crippen molar-refractivity contribution in [3.05, 3.63) is 35.4 Å². The van der Waals surface area contributed by atoms with Crippen LogP contribution in [0, 0.1) is 5.92 Å². The molecule has 2 aliphatic rings. The lowest BCUT2D eigenvalue weighted by atomic mass is 9.98. The topological polar surface area (TPSA) is 84.0 Å². The van der Waals surface area contributed by atoms with Gasteiger partial charge in [0.1, 0.15) is 0 Å². The quantitative estimate of drug-likeness (QED) is 0.588. The highest BCUT2D eigenvalue weighted by atomic mass is 16.5. The molecule has 0 radical (unpaired) electrons. The second-order valence-corrected chi connectivity index (χ2v) is 6.49. The fraction of sp³-hybridized carbons (Fsp3) is 0.474. The lowest BCUT2D eigenvalue weighted by Gasteiger charge is -2.32. The molecule has 1 saturated heterocycles. The van der Waals surface area contributed by atoms with Crippen molar-refractivity contribution in [1.29, 1.82) is 0 Å². The maximum atomic E-state index is 12.5. The van der Waals surface area contributed by atoms with E-state index in [1.165, 1.54) is 0 Å². The Balaban J connectivity index is 1.57. The SMILES string of the molecule is CCOC(=O)[C@H]1CCCN(C(=O)CCN2C(=O)c3ccccc3C2=O)C1. The van der Waals surface area contributed by atoms with Crippen LogP contribution in [0.5, 0.6) is 0 Å². The van der Waals surface area contributed by atoms with Crippen LogP contribution in [0.3, 0.4) is 0 Å². The van der Waals surface area contributed by atoms with Crippen molar-refractivity contribution in [3.8, 4) is 0 Å². The summed E-state index contributed by atoms with van der Waals surface area (Å²) in [5.74, 6) is -1.45. The molecule has 26 heavy (non-hydrogen) atoms. The first-order chi connectivity index (χ1) is 12.5. The number of hydrogen-bond acceptors (Lipinski definition) is 5. The van der Waals surface area contributed by atoms with Gasteiger partial charge < -0.3 is 9.64 Å². The van der Waals surface area contributed by atoms with Gasteiger partial charge in [-0.25, -0.2) is 0 Å². The predicted octanol–water partition coefficient (Wildman–Crippen LogP) is 1.47. The number of carbonyl (C=O) groups excluding carboxylic acids is 4. The van der Waals surface area contributed by atoms with Crippen LogP contribution in [0.1, 0.15) is 46.9 Å². The monoisotopic (exact) mass is 358 g/mol. The van der Waals surface area contributed by atoms with E-state index in [-0.39, 0.29) is 42.6 Å². The van der Waals surface area contributed by atoms with Crippen molar-refractivity contribution in [2.45, 2.75) is 26.2 Å². The molecule has 3 amide bonds. The number of rotatable bonds is 5. The van der Waals surface area contributed by atoms with E-state index in [4.69, 9.17) is 4.74 Å². The van der Waals surface area contributed by atoms with Gasteiger partial charge in [0.05, 0.1) is 23.7 Å². The standard InChI is InChI=1S/C19H22N2O5/c1-2-26-19(25)13-6-5-10-20(12-13)16(22)9-11-21-17(23)14-7-3-4-8-15(14)18(21)24/h3-4,7-8,13H,2,5-6,9-12H2,1H3/t13-/m0/s1. The minimum atomic E-state index is -0.360. The van der Waals surface area contributed by atoms with Crippen LogP contribution in [-0.4, -0.2) is 59.7 Å². The molecular weight excluding hydrogens is 336 g/mol. The smallest absolute Gasteiger partial charge is 0.310 e. The second-order valence-electron chi connectivity index (χ2n) is 6.49. The molecule has 0 aromatic heterocycles. The summed E-state index contributed by atoms with van der Waals surface area (Å²) in [7, 11) is 0. The van der Waals surface area contributed by atoms with Crippen molar-refractivity contribution in [3.63, 3.8) is 0 Å². The van der Waals surface area contributed by atoms with Gasteiger partial charge >= 0.3 is 5.97 Å². The summed E-state index contributed by atoms with van der Waals surface area (Å²) in [5.41, 5.74) is 0.760. The molecule has 3 rings (SSSR count). The Kier molecular flexibility index (Phi) is 5.35. The van der Waals surface area contributed by atoms with Crippen LogP contribution in [0.4, 0.5) is 0 Å². The Morgan fingerprint density at radius 1 is 1.15 bits per heavy atom. The highest BCUT2D eigenvalue weighted by molar-refractivity contribution is 6.21. The van der Waals surface area contributed by atoms with Crippen molar-refractivity contribution in [2.24, 2.45) is 5.92 Å². The molecule has 7 heteroatoms. The number of imide groups is 1. The van der Waals surface area contributed by atoms with E-state index in [1.807, 2.05) is 0 Å². The molecule has 2 aliphatic heterocycles. The fourth-order valence-corrected chi connectivity index (χ4v) is 3.46. The van der Waals surface area contributed by atoms with Crippen molar-refractivity contribution in [2.75, 3.05) is 26.2 Å². The first-order valence-corrected chi connectivity index (χ1v) is 8.92. The van der Waals surface area contributed by atoms with Gasteiger partial charge in [-0.3, -0.25) is 24.1 Å². The van der Waals surface area contributed by atoms with Gasteiger partial charge in [-0.1, -0.05) is 12.1 Å². The molecule has 0 unspecified atom stereocenters. The number of nitrogens with zero attached hydrogens (tertiary/aromatic N) is 2. The van der Waals surface area contributed by atoms with Crippen LogP contribution >= 0.6 is 0 Å². The highest BCUT2D eigenvalue weighted by Crippen LogP contribution is 2.23. The van der Waals surface area contributed by atoms with E-state index in [0.29, 0.717) is 37.2 Å². The normalized spacial score (nSPS) is 19.5. The van der Waals surface area contributed by atoms with Gasteiger partial charge in [-0.2, -0.15) is 0 Å². The van der Waals surface area contributed by atoms with Gasteiger partial charge in [0.25, 0.3) is 11.8 Å². The number of hydrogen-bond donors (Lipinski definition) is 0. The lowest BCUT2D eigenvalue weighted by molar-refractivity contribution is -0.151. The van der Waals surface area contributed by atoms with Gasteiger partial charge in [-0.15, -0.1) is 0 Å². The van der Waals surface area contributed by atoms with Crippen molar-refractivity contribution >= 4 is 23.7 Å². The first-order valence-electron chi connectivity index (χ1n) is 8.92. The zero-order valence-corrected chi connectivity index (χ0v) is 14.8. The zero-order chi connectivity index (χ0) is 18.7.